The maximum absolute atomic E-state index is 9.16. The molecule has 0 aliphatic carbocycles. The van der Waals surface area contributed by atoms with Gasteiger partial charge in [0.25, 0.3) is 0 Å². The molecule has 0 radical (unpaired) electrons. The van der Waals surface area contributed by atoms with Crippen molar-refractivity contribution in [2.75, 3.05) is 19.7 Å². The van der Waals surface area contributed by atoms with Gasteiger partial charge in [0.2, 0.25) is 0 Å². The first-order chi connectivity index (χ1) is 8.56. The molecule has 3 nitrogen and oxygen atoms in total. The maximum Gasteiger partial charge on any atom is 0.145 e. The first kappa shape index (κ1) is 13.7. The SMILES string of the molecule is C[C@@H](O)CNCC1=Cc2cc(Cl)cc(Cl)c2OC1. The topological polar surface area (TPSA) is 41.5 Å². The fourth-order valence-electron chi connectivity index (χ4n) is 1.81. The lowest BCUT2D eigenvalue weighted by Crippen LogP contribution is -2.28. The molecule has 1 aliphatic heterocycles. The van der Waals surface area contributed by atoms with E-state index in [0.29, 0.717) is 35.5 Å². The lowest BCUT2D eigenvalue weighted by atomic mass is 10.1. The van der Waals surface area contributed by atoms with Crippen LogP contribution in [0.3, 0.4) is 0 Å². The van der Waals surface area contributed by atoms with Crippen LogP contribution in [-0.2, 0) is 0 Å². The van der Waals surface area contributed by atoms with E-state index in [0.717, 1.165) is 11.1 Å². The number of aliphatic hydroxyl groups excluding tert-OH is 1. The Kier molecular flexibility index (Phi) is 4.51. The number of hydrogen-bond acceptors (Lipinski definition) is 3. The van der Waals surface area contributed by atoms with E-state index in [9.17, 15) is 0 Å². The van der Waals surface area contributed by atoms with Crippen molar-refractivity contribution < 1.29 is 9.84 Å². The van der Waals surface area contributed by atoms with Gasteiger partial charge in [-0.2, -0.15) is 0 Å². The van der Waals surface area contributed by atoms with Crippen LogP contribution < -0.4 is 10.1 Å². The fourth-order valence-corrected chi connectivity index (χ4v) is 2.37. The van der Waals surface area contributed by atoms with Crippen LogP contribution in [0.25, 0.3) is 6.08 Å². The number of rotatable bonds is 4. The van der Waals surface area contributed by atoms with Crippen LogP contribution >= 0.6 is 23.2 Å². The quantitative estimate of drug-likeness (QED) is 0.895. The van der Waals surface area contributed by atoms with Crippen LogP contribution in [0, 0.1) is 0 Å². The third kappa shape index (κ3) is 3.39. The minimum absolute atomic E-state index is 0.355. The first-order valence-electron chi connectivity index (χ1n) is 5.76. The summed E-state index contributed by atoms with van der Waals surface area (Å²) in [6.45, 7) is 3.48. The Bertz CT molecular complexity index is 472. The molecule has 0 saturated heterocycles. The number of ether oxygens (including phenoxy) is 1. The van der Waals surface area contributed by atoms with Crippen molar-refractivity contribution in [1.29, 1.82) is 0 Å². The van der Waals surface area contributed by atoms with Gasteiger partial charge in [-0.1, -0.05) is 23.2 Å². The second-order valence-corrected chi connectivity index (χ2v) is 5.22. The Balaban J connectivity index is 2.10. The molecule has 2 rings (SSSR count). The van der Waals surface area contributed by atoms with Crippen LogP contribution in [0.5, 0.6) is 5.75 Å². The number of fused-ring (bicyclic) bond motifs is 1. The molecule has 5 heteroatoms. The van der Waals surface area contributed by atoms with Crippen molar-refractivity contribution >= 4 is 29.3 Å². The van der Waals surface area contributed by atoms with Gasteiger partial charge in [-0.05, 0) is 30.7 Å². The van der Waals surface area contributed by atoms with Crippen molar-refractivity contribution in [3.63, 3.8) is 0 Å². The molecule has 0 saturated carbocycles. The van der Waals surface area contributed by atoms with E-state index >= 15 is 0 Å². The molecule has 0 amide bonds. The summed E-state index contributed by atoms with van der Waals surface area (Å²) in [6.07, 6.45) is 1.66. The minimum Gasteiger partial charge on any atom is -0.487 e. The third-order valence-corrected chi connectivity index (χ3v) is 3.09. The van der Waals surface area contributed by atoms with E-state index in [1.54, 1.807) is 13.0 Å². The lowest BCUT2D eigenvalue weighted by molar-refractivity contribution is 0.192. The Morgan fingerprint density at radius 2 is 2.22 bits per heavy atom. The minimum atomic E-state index is -0.355. The van der Waals surface area contributed by atoms with E-state index in [2.05, 4.69) is 5.32 Å². The van der Waals surface area contributed by atoms with Crippen molar-refractivity contribution in [3.05, 3.63) is 33.3 Å². The highest BCUT2D eigenvalue weighted by molar-refractivity contribution is 6.36. The first-order valence-corrected chi connectivity index (χ1v) is 6.52. The average molecular weight is 288 g/mol. The molecule has 98 valence electrons. The molecule has 1 heterocycles. The smallest absolute Gasteiger partial charge is 0.145 e. The average Bonchev–Trinajstić information content (AvgIpc) is 2.27. The van der Waals surface area contributed by atoms with E-state index in [1.807, 2.05) is 12.1 Å². The molecule has 0 spiro atoms. The van der Waals surface area contributed by atoms with Gasteiger partial charge in [0.15, 0.2) is 0 Å². The fraction of sp³-hybridized carbons (Fsp3) is 0.385. The van der Waals surface area contributed by atoms with Gasteiger partial charge in [-0.15, -0.1) is 0 Å². The van der Waals surface area contributed by atoms with Crippen molar-refractivity contribution in [1.82, 2.24) is 5.32 Å². The molecule has 1 aromatic rings. The van der Waals surface area contributed by atoms with Crippen molar-refractivity contribution in [2.45, 2.75) is 13.0 Å². The number of halogens is 2. The molecule has 18 heavy (non-hydrogen) atoms. The highest BCUT2D eigenvalue weighted by atomic mass is 35.5. The second-order valence-electron chi connectivity index (χ2n) is 4.38. The predicted molar refractivity (Wildman–Crippen MR) is 74.5 cm³/mol. The second kappa shape index (κ2) is 5.93. The van der Waals surface area contributed by atoms with Crippen LogP contribution in [0.2, 0.25) is 10.0 Å². The summed E-state index contributed by atoms with van der Waals surface area (Å²) >= 11 is 12.0. The molecule has 1 atom stereocenters. The van der Waals surface area contributed by atoms with E-state index in [-0.39, 0.29) is 6.10 Å². The zero-order valence-electron chi connectivity index (χ0n) is 10.0. The van der Waals surface area contributed by atoms with Gasteiger partial charge < -0.3 is 15.2 Å². The summed E-state index contributed by atoms with van der Waals surface area (Å²) in [6, 6.07) is 3.50. The van der Waals surface area contributed by atoms with Crippen molar-refractivity contribution in [3.8, 4) is 5.75 Å². The highest BCUT2D eigenvalue weighted by Gasteiger charge is 2.15. The summed E-state index contributed by atoms with van der Waals surface area (Å²) in [7, 11) is 0. The molecule has 0 fully saturated rings. The van der Waals surface area contributed by atoms with E-state index in [4.69, 9.17) is 33.0 Å². The summed E-state index contributed by atoms with van der Waals surface area (Å²) in [4.78, 5) is 0. The number of aliphatic hydroxyl groups is 1. The lowest BCUT2D eigenvalue weighted by Gasteiger charge is -2.20. The molecule has 1 aliphatic rings. The van der Waals surface area contributed by atoms with E-state index in [1.165, 1.54) is 0 Å². The standard InChI is InChI=1S/C13H15Cl2NO2/c1-8(17)5-16-6-9-2-10-3-11(14)4-12(15)13(10)18-7-9/h2-4,8,16-17H,5-7H2,1H3/t8-/m1/s1. The van der Waals surface area contributed by atoms with E-state index < -0.39 is 0 Å². The van der Waals surface area contributed by atoms with Gasteiger partial charge in [0.05, 0.1) is 11.1 Å². The molecule has 0 unspecified atom stereocenters. The van der Waals surface area contributed by atoms with Crippen LogP contribution in [0.4, 0.5) is 0 Å². The van der Waals surface area contributed by atoms with Gasteiger partial charge in [-0.3, -0.25) is 0 Å². The number of nitrogens with one attached hydrogen (secondary N) is 1. The normalized spacial score (nSPS) is 15.7. The molecule has 0 aromatic heterocycles. The molecule has 0 bridgehead atoms. The van der Waals surface area contributed by atoms with Crippen LogP contribution in [0.1, 0.15) is 12.5 Å². The summed E-state index contributed by atoms with van der Waals surface area (Å²) < 4.78 is 5.62. The van der Waals surface area contributed by atoms with Gasteiger partial charge in [0, 0.05) is 23.7 Å². The number of hydrogen-bond donors (Lipinski definition) is 2. The van der Waals surface area contributed by atoms with Crippen molar-refractivity contribution in [2.24, 2.45) is 0 Å². The summed E-state index contributed by atoms with van der Waals surface area (Å²) in [5.41, 5.74) is 1.99. The van der Waals surface area contributed by atoms with Gasteiger partial charge in [0.1, 0.15) is 12.4 Å². The largest absolute Gasteiger partial charge is 0.487 e. The molecule has 1 aromatic carbocycles. The Labute approximate surface area is 116 Å². The van der Waals surface area contributed by atoms with Crippen LogP contribution in [0.15, 0.2) is 17.7 Å². The maximum atomic E-state index is 9.16. The summed E-state index contributed by atoms with van der Waals surface area (Å²) in [5, 5.41) is 13.4. The molecular weight excluding hydrogens is 273 g/mol. The van der Waals surface area contributed by atoms with Gasteiger partial charge >= 0.3 is 0 Å². The monoisotopic (exact) mass is 287 g/mol. The zero-order valence-corrected chi connectivity index (χ0v) is 11.6. The number of benzene rings is 1. The third-order valence-electron chi connectivity index (χ3n) is 2.59. The zero-order chi connectivity index (χ0) is 13.1. The molecule has 2 N–H and O–H groups in total. The molecular formula is C13H15Cl2NO2. The highest BCUT2D eigenvalue weighted by Crippen LogP contribution is 2.36. The van der Waals surface area contributed by atoms with Gasteiger partial charge in [-0.25, -0.2) is 0 Å². The Hall–Kier alpha value is -0.740. The predicted octanol–water partition coefficient (Wildman–Crippen LogP) is 2.74. The summed E-state index contributed by atoms with van der Waals surface area (Å²) in [5.74, 6) is 0.681. The van der Waals surface area contributed by atoms with Crippen LogP contribution in [-0.4, -0.2) is 30.9 Å². The Morgan fingerprint density at radius 1 is 1.44 bits per heavy atom. The Morgan fingerprint density at radius 3 is 2.94 bits per heavy atom.